The molecule has 0 saturated heterocycles. The molecule has 3 rings (SSSR count). The predicted octanol–water partition coefficient (Wildman–Crippen LogP) is 5.08. The fourth-order valence-corrected chi connectivity index (χ4v) is 2.69. The summed E-state index contributed by atoms with van der Waals surface area (Å²) in [6.07, 6.45) is 1.63. The first-order valence-electron chi connectivity index (χ1n) is 7.96. The largest absolute Gasteiger partial charge is 0.355 e. The Kier molecular flexibility index (Phi) is 5.46. The van der Waals surface area contributed by atoms with Crippen molar-refractivity contribution in [3.63, 3.8) is 0 Å². The Hall–Kier alpha value is -2.66. The molecule has 0 saturated carbocycles. The Morgan fingerprint density at radius 2 is 1.72 bits per heavy atom. The van der Waals surface area contributed by atoms with E-state index in [2.05, 4.69) is 31.5 Å². The van der Waals surface area contributed by atoms with Gasteiger partial charge in [0.05, 0.1) is 6.04 Å². The molecule has 0 bridgehead atoms. The van der Waals surface area contributed by atoms with E-state index in [0.29, 0.717) is 5.69 Å². The van der Waals surface area contributed by atoms with Gasteiger partial charge in [0, 0.05) is 22.0 Å². The number of halogens is 1. The molecule has 5 heteroatoms. The quantitative estimate of drug-likeness (QED) is 0.633. The predicted molar refractivity (Wildman–Crippen MR) is 104 cm³/mol. The summed E-state index contributed by atoms with van der Waals surface area (Å²) >= 11 is 3.41. The van der Waals surface area contributed by atoms with Gasteiger partial charge in [-0.2, -0.15) is 0 Å². The molecule has 1 amide bonds. The third-order valence-electron chi connectivity index (χ3n) is 3.77. The van der Waals surface area contributed by atoms with E-state index < -0.39 is 0 Å². The summed E-state index contributed by atoms with van der Waals surface area (Å²) < 4.78 is 1.02. The van der Waals surface area contributed by atoms with E-state index in [1.165, 1.54) is 0 Å². The number of carbonyl (C=O) groups excluding carboxylic acids is 1. The van der Waals surface area contributed by atoms with Crippen LogP contribution in [0, 0.1) is 0 Å². The lowest BCUT2D eigenvalue weighted by Crippen LogP contribution is -2.27. The maximum atomic E-state index is 12.5. The minimum absolute atomic E-state index is 0.0846. The van der Waals surface area contributed by atoms with Gasteiger partial charge in [-0.25, -0.2) is 0 Å². The zero-order valence-corrected chi connectivity index (χ0v) is 15.3. The van der Waals surface area contributed by atoms with Crippen molar-refractivity contribution in [2.24, 2.45) is 0 Å². The van der Waals surface area contributed by atoms with Crippen molar-refractivity contribution in [1.82, 2.24) is 10.3 Å². The first-order valence-corrected chi connectivity index (χ1v) is 8.75. The first kappa shape index (κ1) is 17.2. The van der Waals surface area contributed by atoms with Crippen LogP contribution in [0.1, 0.15) is 29.0 Å². The van der Waals surface area contributed by atoms with E-state index in [4.69, 9.17) is 0 Å². The summed E-state index contributed by atoms with van der Waals surface area (Å²) in [5.41, 5.74) is 3.19. The molecule has 4 nitrogen and oxygen atoms in total. The molecule has 0 aliphatic carbocycles. The Balaban J connectivity index is 1.70. The lowest BCUT2D eigenvalue weighted by molar-refractivity contribution is 0.0935. The van der Waals surface area contributed by atoms with Gasteiger partial charge in [0.1, 0.15) is 5.69 Å². The van der Waals surface area contributed by atoms with Crippen LogP contribution in [-0.2, 0) is 0 Å². The highest BCUT2D eigenvalue weighted by Crippen LogP contribution is 2.20. The SMILES string of the molecule is CC(NC(=O)c1cc(Nc2ccc(Br)cc2)ccn1)c1ccccc1. The van der Waals surface area contributed by atoms with Gasteiger partial charge >= 0.3 is 0 Å². The second kappa shape index (κ2) is 7.94. The topological polar surface area (TPSA) is 54.0 Å². The van der Waals surface area contributed by atoms with Crippen molar-refractivity contribution in [2.45, 2.75) is 13.0 Å². The fourth-order valence-electron chi connectivity index (χ4n) is 2.43. The molecule has 2 aromatic carbocycles. The Morgan fingerprint density at radius 3 is 2.44 bits per heavy atom. The maximum absolute atomic E-state index is 12.5. The van der Waals surface area contributed by atoms with Crippen molar-refractivity contribution in [3.05, 3.63) is 88.7 Å². The minimum atomic E-state index is -0.198. The van der Waals surface area contributed by atoms with Gasteiger partial charge in [-0.3, -0.25) is 9.78 Å². The highest BCUT2D eigenvalue weighted by atomic mass is 79.9. The van der Waals surface area contributed by atoms with E-state index in [9.17, 15) is 4.79 Å². The molecule has 3 aromatic rings. The van der Waals surface area contributed by atoms with Crippen LogP contribution >= 0.6 is 15.9 Å². The molecular weight excluding hydrogens is 378 g/mol. The minimum Gasteiger partial charge on any atom is -0.355 e. The number of hydrogen-bond donors (Lipinski definition) is 2. The zero-order valence-electron chi connectivity index (χ0n) is 13.7. The van der Waals surface area contributed by atoms with Crippen LogP contribution in [0.25, 0.3) is 0 Å². The number of nitrogens with zero attached hydrogens (tertiary/aromatic N) is 1. The standard InChI is InChI=1S/C20H18BrN3O/c1-14(15-5-3-2-4-6-15)23-20(25)19-13-18(11-12-22-19)24-17-9-7-16(21)8-10-17/h2-14H,1H3,(H,22,24)(H,23,25). The van der Waals surface area contributed by atoms with Gasteiger partial charge < -0.3 is 10.6 Å². The molecule has 1 unspecified atom stereocenters. The fraction of sp³-hybridized carbons (Fsp3) is 0.100. The van der Waals surface area contributed by atoms with E-state index in [1.54, 1.807) is 12.3 Å². The molecule has 0 spiro atoms. The molecule has 0 aliphatic rings. The molecule has 126 valence electrons. The molecule has 1 heterocycles. The Bertz CT molecular complexity index is 850. The summed E-state index contributed by atoms with van der Waals surface area (Å²) in [4.78, 5) is 16.7. The summed E-state index contributed by atoms with van der Waals surface area (Å²) in [6, 6.07) is 21.2. The van der Waals surface area contributed by atoms with E-state index in [1.807, 2.05) is 67.6 Å². The Morgan fingerprint density at radius 1 is 1.00 bits per heavy atom. The number of carbonyl (C=O) groups is 1. The molecule has 1 atom stereocenters. The van der Waals surface area contributed by atoms with E-state index in [-0.39, 0.29) is 11.9 Å². The second-order valence-electron chi connectivity index (χ2n) is 5.67. The summed E-state index contributed by atoms with van der Waals surface area (Å²) in [5.74, 6) is -0.198. The molecule has 1 aromatic heterocycles. The third-order valence-corrected chi connectivity index (χ3v) is 4.30. The molecule has 0 fully saturated rings. The van der Waals surface area contributed by atoms with Crippen LogP contribution in [0.3, 0.4) is 0 Å². The maximum Gasteiger partial charge on any atom is 0.270 e. The van der Waals surface area contributed by atoms with Crippen LogP contribution in [0.2, 0.25) is 0 Å². The van der Waals surface area contributed by atoms with Gasteiger partial charge in [-0.1, -0.05) is 46.3 Å². The van der Waals surface area contributed by atoms with Gasteiger partial charge in [0.25, 0.3) is 5.91 Å². The molecule has 0 radical (unpaired) electrons. The number of hydrogen-bond acceptors (Lipinski definition) is 3. The van der Waals surface area contributed by atoms with E-state index in [0.717, 1.165) is 21.4 Å². The van der Waals surface area contributed by atoms with Crippen molar-refractivity contribution in [2.75, 3.05) is 5.32 Å². The third kappa shape index (κ3) is 4.67. The summed E-state index contributed by atoms with van der Waals surface area (Å²) in [5, 5.41) is 6.25. The van der Waals surface area contributed by atoms with Crippen molar-refractivity contribution in [3.8, 4) is 0 Å². The number of amides is 1. The average Bonchev–Trinajstić information content (AvgIpc) is 2.64. The Labute approximate surface area is 155 Å². The number of aromatic nitrogens is 1. The number of nitrogens with one attached hydrogen (secondary N) is 2. The average molecular weight is 396 g/mol. The van der Waals surface area contributed by atoms with Gasteiger partial charge in [0.2, 0.25) is 0 Å². The smallest absolute Gasteiger partial charge is 0.270 e. The summed E-state index contributed by atoms with van der Waals surface area (Å²) in [7, 11) is 0. The van der Waals surface area contributed by atoms with E-state index >= 15 is 0 Å². The monoisotopic (exact) mass is 395 g/mol. The highest BCUT2D eigenvalue weighted by molar-refractivity contribution is 9.10. The van der Waals surface area contributed by atoms with Crippen LogP contribution in [0.15, 0.2) is 77.4 Å². The van der Waals surface area contributed by atoms with Crippen molar-refractivity contribution >= 4 is 33.2 Å². The zero-order chi connectivity index (χ0) is 17.6. The molecular formula is C20H18BrN3O. The van der Waals surface area contributed by atoms with Gasteiger partial charge in [-0.05, 0) is 48.9 Å². The van der Waals surface area contributed by atoms with Crippen LogP contribution < -0.4 is 10.6 Å². The lowest BCUT2D eigenvalue weighted by Gasteiger charge is -2.14. The molecule has 0 aliphatic heterocycles. The number of rotatable bonds is 5. The van der Waals surface area contributed by atoms with Crippen molar-refractivity contribution in [1.29, 1.82) is 0 Å². The summed E-state index contributed by atoms with van der Waals surface area (Å²) in [6.45, 7) is 1.96. The van der Waals surface area contributed by atoms with Gasteiger partial charge in [-0.15, -0.1) is 0 Å². The second-order valence-corrected chi connectivity index (χ2v) is 6.58. The first-order chi connectivity index (χ1) is 12.1. The number of benzene rings is 2. The number of pyridine rings is 1. The molecule has 2 N–H and O–H groups in total. The van der Waals surface area contributed by atoms with Gasteiger partial charge in [0.15, 0.2) is 0 Å². The van der Waals surface area contributed by atoms with Crippen LogP contribution in [-0.4, -0.2) is 10.9 Å². The molecule has 25 heavy (non-hydrogen) atoms. The van der Waals surface area contributed by atoms with Crippen molar-refractivity contribution < 1.29 is 4.79 Å². The lowest BCUT2D eigenvalue weighted by atomic mass is 10.1. The van der Waals surface area contributed by atoms with Crippen LogP contribution in [0.5, 0.6) is 0 Å². The highest BCUT2D eigenvalue weighted by Gasteiger charge is 2.12. The van der Waals surface area contributed by atoms with Crippen LogP contribution in [0.4, 0.5) is 11.4 Å². The number of anilines is 2. The normalized spacial score (nSPS) is 11.6.